The molecule has 0 aliphatic carbocycles. The zero-order chi connectivity index (χ0) is 14.8. The number of amides is 2. The number of nitrogens with zero attached hydrogens (tertiary/aromatic N) is 2. The molecule has 3 N–H and O–H groups in total. The van der Waals surface area contributed by atoms with Crippen LogP contribution in [0.2, 0.25) is 0 Å². The second-order valence-corrected chi connectivity index (χ2v) is 5.27. The van der Waals surface area contributed by atoms with Gasteiger partial charge in [-0.15, -0.1) is 11.3 Å². The summed E-state index contributed by atoms with van der Waals surface area (Å²) >= 11 is 1.19. The largest absolute Gasteiger partial charge is 0.364 e. The minimum absolute atomic E-state index is 0.248. The Kier molecular flexibility index (Phi) is 3.33. The lowest BCUT2D eigenvalue weighted by Crippen LogP contribution is -2.13. The monoisotopic (exact) mass is 298 g/mol. The van der Waals surface area contributed by atoms with E-state index in [0.29, 0.717) is 16.9 Å². The van der Waals surface area contributed by atoms with E-state index >= 15 is 0 Å². The molecule has 2 aromatic heterocycles. The van der Waals surface area contributed by atoms with E-state index in [1.165, 1.54) is 11.3 Å². The van der Waals surface area contributed by atoms with E-state index in [0.717, 1.165) is 4.70 Å². The van der Waals surface area contributed by atoms with E-state index < -0.39 is 5.91 Å². The lowest BCUT2D eigenvalue weighted by Gasteiger charge is -2.04. The van der Waals surface area contributed by atoms with Gasteiger partial charge in [-0.1, -0.05) is 6.07 Å². The summed E-state index contributed by atoms with van der Waals surface area (Å²) in [5, 5.41) is 3.00. The van der Waals surface area contributed by atoms with Crippen LogP contribution in [0.25, 0.3) is 10.2 Å². The van der Waals surface area contributed by atoms with Gasteiger partial charge in [-0.3, -0.25) is 14.6 Å². The molecular weight excluding hydrogens is 288 g/mol. The Bertz CT molecular complexity index is 829. The molecule has 0 spiro atoms. The molecule has 7 heteroatoms. The van der Waals surface area contributed by atoms with E-state index in [-0.39, 0.29) is 10.9 Å². The number of carbonyl (C=O) groups is 2. The van der Waals surface area contributed by atoms with Crippen molar-refractivity contribution in [2.45, 2.75) is 0 Å². The molecule has 104 valence electrons. The van der Waals surface area contributed by atoms with Crippen molar-refractivity contribution in [1.82, 2.24) is 9.97 Å². The van der Waals surface area contributed by atoms with Gasteiger partial charge in [0.2, 0.25) is 0 Å². The summed E-state index contributed by atoms with van der Waals surface area (Å²) in [4.78, 5) is 31.2. The number of nitrogens with one attached hydrogen (secondary N) is 1. The van der Waals surface area contributed by atoms with E-state index in [1.807, 2.05) is 0 Å². The molecule has 3 rings (SSSR count). The average Bonchev–Trinajstić information content (AvgIpc) is 2.91. The van der Waals surface area contributed by atoms with Crippen molar-refractivity contribution in [3.8, 4) is 0 Å². The van der Waals surface area contributed by atoms with Crippen LogP contribution in [0, 0.1) is 0 Å². The first-order valence-electron chi connectivity index (χ1n) is 6.06. The van der Waals surface area contributed by atoms with E-state index in [9.17, 15) is 9.59 Å². The molecular formula is C14H10N4O2S. The van der Waals surface area contributed by atoms with Crippen molar-refractivity contribution < 1.29 is 9.59 Å². The number of carbonyl (C=O) groups excluding carboxylic acids is 2. The molecule has 0 aliphatic rings. The van der Waals surface area contributed by atoms with Gasteiger partial charge < -0.3 is 11.1 Å². The first kappa shape index (κ1) is 13.2. The lowest BCUT2D eigenvalue weighted by molar-refractivity contribution is 0.0997. The number of hydrogen-bond donors (Lipinski definition) is 2. The van der Waals surface area contributed by atoms with Crippen LogP contribution in [-0.2, 0) is 0 Å². The summed E-state index contributed by atoms with van der Waals surface area (Å²) in [6.45, 7) is 0. The Morgan fingerprint density at radius 1 is 1.19 bits per heavy atom. The number of hydrogen-bond acceptors (Lipinski definition) is 5. The van der Waals surface area contributed by atoms with Crippen LogP contribution < -0.4 is 11.1 Å². The molecule has 0 bridgehead atoms. The highest BCUT2D eigenvalue weighted by atomic mass is 32.1. The third-order valence-electron chi connectivity index (χ3n) is 2.75. The quantitative estimate of drug-likeness (QED) is 0.773. The maximum Gasteiger partial charge on any atom is 0.277 e. The van der Waals surface area contributed by atoms with Gasteiger partial charge in [0.25, 0.3) is 11.8 Å². The van der Waals surface area contributed by atoms with Crippen molar-refractivity contribution in [3.05, 3.63) is 53.3 Å². The van der Waals surface area contributed by atoms with Crippen LogP contribution in [0.15, 0.2) is 42.6 Å². The Labute approximate surface area is 123 Å². The third kappa shape index (κ3) is 2.72. The Morgan fingerprint density at radius 3 is 2.76 bits per heavy atom. The topological polar surface area (TPSA) is 98.0 Å². The molecule has 0 atom stereocenters. The minimum Gasteiger partial charge on any atom is -0.364 e. The standard InChI is InChI=1S/C14H10N4O2S/c15-12(19)14-18-9-5-4-8(7-11(9)21-14)17-13(20)10-3-1-2-6-16-10/h1-7H,(H2,15,19)(H,17,20). The van der Waals surface area contributed by atoms with Crippen molar-refractivity contribution in [2.24, 2.45) is 5.73 Å². The highest BCUT2D eigenvalue weighted by Gasteiger charge is 2.11. The number of thiazole rings is 1. The summed E-state index contributed by atoms with van der Waals surface area (Å²) in [7, 11) is 0. The number of aromatic nitrogens is 2. The molecule has 6 nitrogen and oxygen atoms in total. The molecule has 0 fully saturated rings. The average molecular weight is 298 g/mol. The van der Waals surface area contributed by atoms with Gasteiger partial charge in [-0.2, -0.15) is 0 Å². The van der Waals surface area contributed by atoms with E-state index in [4.69, 9.17) is 5.73 Å². The van der Waals surface area contributed by atoms with Gasteiger partial charge in [0.15, 0.2) is 5.01 Å². The van der Waals surface area contributed by atoms with Gasteiger partial charge in [0, 0.05) is 11.9 Å². The predicted octanol–water partition coefficient (Wildman–Crippen LogP) is 2.04. The fraction of sp³-hybridized carbons (Fsp3) is 0. The number of primary amides is 1. The van der Waals surface area contributed by atoms with Crippen molar-refractivity contribution >= 4 is 39.1 Å². The number of benzene rings is 1. The number of anilines is 1. The van der Waals surface area contributed by atoms with Crippen molar-refractivity contribution in [1.29, 1.82) is 0 Å². The number of rotatable bonds is 3. The van der Waals surface area contributed by atoms with Gasteiger partial charge in [0.05, 0.1) is 10.2 Å². The summed E-state index contributed by atoms with van der Waals surface area (Å²) in [5.41, 5.74) is 6.82. The summed E-state index contributed by atoms with van der Waals surface area (Å²) in [6, 6.07) is 10.3. The van der Waals surface area contributed by atoms with Gasteiger partial charge in [-0.25, -0.2) is 4.98 Å². The number of fused-ring (bicyclic) bond motifs is 1. The smallest absolute Gasteiger partial charge is 0.277 e. The van der Waals surface area contributed by atoms with Gasteiger partial charge >= 0.3 is 0 Å². The molecule has 0 radical (unpaired) electrons. The van der Waals surface area contributed by atoms with Gasteiger partial charge in [0.1, 0.15) is 5.69 Å². The van der Waals surface area contributed by atoms with Crippen LogP contribution in [0.3, 0.4) is 0 Å². The summed E-state index contributed by atoms with van der Waals surface area (Å²) in [6.07, 6.45) is 1.56. The molecule has 21 heavy (non-hydrogen) atoms. The number of nitrogens with two attached hydrogens (primary N) is 1. The van der Waals surface area contributed by atoms with Gasteiger partial charge in [-0.05, 0) is 30.3 Å². The first-order valence-corrected chi connectivity index (χ1v) is 6.88. The molecule has 0 saturated carbocycles. The fourth-order valence-electron chi connectivity index (χ4n) is 1.80. The van der Waals surface area contributed by atoms with Crippen LogP contribution in [0.5, 0.6) is 0 Å². The van der Waals surface area contributed by atoms with Crippen LogP contribution in [0.4, 0.5) is 5.69 Å². The second kappa shape index (κ2) is 5.29. The van der Waals surface area contributed by atoms with Crippen LogP contribution in [-0.4, -0.2) is 21.8 Å². The first-order chi connectivity index (χ1) is 10.1. The normalized spacial score (nSPS) is 10.5. The Balaban J connectivity index is 1.87. The molecule has 0 aliphatic heterocycles. The molecule has 2 heterocycles. The number of pyridine rings is 1. The summed E-state index contributed by atoms with van der Waals surface area (Å²) in [5.74, 6) is -0.857. The maximum absolute atomic E-state index is 12.0. The molecule has 3 aromatic rings. The van der Waals surface area contributed by atoms with E-state index in [2.05, 4.69) is 15.3 Å². The third-order valence-corrected chi connectivity index (χ3v) is 3.79. The SMILES string of the molecule is NC(=O)c1nc2ccc(NC(=O)c3ccccn3)cc2s1. The minimum atomic E-state index is -0.560. The highest BCUT2D eigenvalue weighted by Crippen LogP contribution is 2.25. The second-order valence-electron chi connectivity index (χ2n) is 4.23. The maximum atomic E-state index is 12.0. The van der Waals surface area contributed by atoms with E-state index in [1.54, 1.807) is 42.6 Å². The Morgan fingerprint density at radius 2 is 2.05 bits per heavy atom. The molecule has 0 saturated heterocycles. The van der Waals surface area contributed by atoms with Crippen molar-refractivity contribution in [3.63, 3.8) is 0 Å². The fourth-order valence-corrected chi connectivity index (χ4v) is 2.66. The van der Waals surface area contributed by atoms with Crippen LogP contribution >= 0.6 is 11.3 Å². The lowest BCUT2D eigenvalue weighted by atomic mass is 10.2. The summed E-state index contributed by atoms with van der Waals surface area (Å²) < 4.78 is 0.780. The van der Waals surface area contributed by atoms with Crippen LogP contribution in [0.1, 0.15) is 20.3 Å². The molecule has 2 amide bonds. The zero-order valence-electron chi connectivity index (χ0n) is 10.7. The predicted molar refractivity (Wildman–Crippen MR) is 80.3 cm³/mol. The molecule has 1 aromatic carbocycles. The Hall–Kier alpha value is -2.80. The highest BCUT2D eigenvalue weighted by molar-refractivity contribution is 7.20. The zero-order valence-corrected chi connectivity index (χ0v) is 11.6. The van der Waals surface area contributed by atoms with Crippen molar-refractivity contribution in [2.75, 3.05) is 5.32 Å². The molecule has 0 unspecified atom stereocenters.